The number of alkyl carbamates (subject to hydrolysis) is 1. The van der Waals surface area contributed by atoms with Gasteiger partial charge in [-0.25, -0.2) is 9.59 Å². The smallest absolute Gasteiger partial charge is 0.408 e. The van der Waals surface area contributed by atoms with Gasteiger partial charge in [-0.2, -0.15) is 17.0 Å². The summed E-state index contributed by atoms with van der Waals surface area (Å²) in [4.78, 5) is 53.8. The number of nitrogens with one attached hydrogen (secondary N) is 2. The lowest BCUT2D eigenvalue weighted by Crippen LogP contribution is -2.56. The molecule has 3 fully saturated rings. The van der Waals surface area contributed by atoms with Gasteiger partial charge in [0.1, 0.15) is 23.7 Å². The SMILES string of the molecule is CN1CCN(CC(OC(=O)N[C@H]2CCCCC/C=C\C3C[C@@]3(C(=O)O)NC(=O)[C@@H]3CCCN3C2=O)C(C)(C)C)S1(=O)=O. The monoisotopic (exact) mass is 611 g/mol. The molecule has 13 nitrogen and oxygen atoms in total. The molecule has 14 heteroatoms. The van der Waals surface area contributed by atoms with Crippen molar-refractivity contribution in [2.75, 3.05) is 33.2 Å². The summed E-state index contributed by atoms with van der Waals surface area (Å²) < 4.78 is 33.6. The van der Waals surface area contributed by atoms with Crippen LogP contribution in [-0.2, 0) is 29.3 Å². The van der Waals surface area contributed by atoms with Gasteiger partial charge in [0.15, 0.2) is 0 Å². The molecule has 0 aromatic heterocycles. The molecule has 1 aliphatic carbocycles. The topological polar surface area (TPSA) is 166 Å². The van der Waals surface area contributed by atoms with Gasteiger partial charge in [-0.1, -0.05) is 45.8 Å². The molecule has 5 atom stereocenters. The fourth-order valence-corrected chi connectivity index (χ4v) is 7.26. The number of carboxylic acid groups (broad SMARTS) is 1. The normalized spacial score (nSPS) is 32.5. The van der Waals surface area contributed by atoms with Gasteiger partial charge in [0.2, 0.25) is 11.8 Å². The van der Waals surface area contributed by atoms with Gasteiger partial charge in [0.25, 0.3) is 10.2 Å². The number of rotatable bonds is 5. The Bertz CT molecular complexity index is 1200. The molecule has 2 saturated heterocycles. The van der Waals surface area contributed by atoms with Crippen LogP contribution in [0, 0.1) is 11.3 Å². The average molecular weight is 612 g/mol. The third-order valence-corrected chi connectivity index (χ3v) is 10.8. The van der Waals surface area contributed by atoms with Crippen molar-refractivity contribution in [2.24, 2.45) is 11.3 Å². The van der Waals surface area contributed by atoms with Crippen LogP contribution in [0.25, 0.3) is 0 Å². The minimum atomic E-state index is -3.63. The molecule has 2 unspecified atom stereocenters. The number of hydrogen-bond acceptors (Lipinski definition) is 7. The Kier molecular flexibility index (Phi) is 9.58. The first kappa shape index (κ1) is 32.2. The van der Waals surface area contributed by atoms with Crippen LogP contribution in [0.15, 0.2) is 12.2 Å². The summed E-state index contributed by atoms with van der Waals surface area (Å²) in [6.07, 6.45) is 6.85. The van der Waals surface area contributed by atoms with Crippen molar-refractivity contribution in [3.63, 3.8) is 0 Å². The highest BCUT2D eigenvalue weighted by Crippen LogP contribution is 2.45. The zero-order valence-electron chi connectivity index (χ0n) is 25.0. The van der Waals surface area contributed by atoms with E-state index in [0.717, 1.165) is 19.3 Å². The molecule has 3 amide bonds. The number of ether oxygens (including phenoxy) is 1. The Morgan fingerprint density at radius 1 is 1.14 bits per heavy atom. The largest absolute Gasteiger partial charge is 0.479 e. The van der Waals surface area contributed by atoms with Gasteiger partial charge in [-0.3, -0.25) is 9.59 Å². The fraction of sp³-hybridized carbons (Fsp3) is 0.786. The zero-order chi connectivity index (χ0) is 30.9. The van der Waals surface area contributed by atoms with Crippen molar-refractivity contribution in [2.45, 2.75) is 95.9 Å². The third kappa shape index (κ3) is 6.91. The lowest BCUT2D eigenvalue weighted by molar-refractivity contribution is -0.145. The number of allylic oxidation sites excluding steroid dienone is 1. The number of likely N-dealkylation sites (N-methyl/N-ethyl adjacent to an activating group) is 1. The number of aliphatic carboxylic acids is 1. The first-order valence-electron chi connectivity index (χ1n) is 14.9. The summed E-state index contributed by atoms with van der Waals surface area (Å²) in [5.41, 5.74) is -1.95. The number of hydrogen-bond donors (Lipinski definition) is 3. The fourth-order valence-electron chi connectivity index (χ4n) is 5.92. The summed E-state index contributed by atoms with van der Waals surface area (Å²) in [6.45, 7) is 6.48. The van der Waals surface area contributed by atoms with Gasteiger partial charge in [0.05, 0.1) is 6.54 Å². The highest BCUT2D eigenvalue weighted by molar-refractivity contribution is 7.87. The van der Waals surface area contributed by atoms with Gasteiger partial charge in [0, 0.05) is 38.0 Å². The molecule has 3 N–H and O–H groups in total. The summed E-state index contributed by atoms with van der Waals surface area (Å²) in [6, 6.07) is -1.78. The predicted molar refractivity (Wildman–Crippen MR) is 153 cm³/mol. The second kappa shape index (κ2) is 12.5. The van der Waals surface area contributed by atoms with Crippen molar-refractivity contribution < 1.29 is 37.4 Å². The average Bonchev–Trinajstić information content (AvgIpc) is 3.25. The summed E-state index contributed by atoms with van der Waals surface area (Å²) >= 11 is 0. The summed E-state index contributed by atoms with van der Waals surface area (Å²) in [7, 11) is -2.13. The van der Waals surface area contributed by atoms with E-state index in [1.807, 2.05) is 32.9 Å². The van der Waals surface area contributed by atoms with E-state index < -0.39 is 63.2 Å². The zero-order valence-corrected chi connectivity index (χ0v) is 25.8. The Balaban J connectivity index is 1.49. The van der Waals surface area contributed by atoms with E-state index in [9.17, 15) is 32.7 Å². The highest BCUT2D eigenvalue weighted by Gasteiger charge is 2.61. The Hall–Kier alpha value is -2.71. The number of nitrogens with zero attached hydrogens (tertiary/aromatic N) is 3. The summed E-state index contributed by atoms with van der Waals surface area (Å²) in [5.74, 6) is -2.29. The molecule has 0 radical (unpaired) electrons. The maximum absolute atomic E-state index is 13.8. The number of carbonyl (C=O) groups excluding carboxylic acids is 3. The Morgan fingerprint density at radius 2 is 1.88 bits per heavy atom. The van der Waals surface area contributed by atoms with E-state index in [1.54, 1.807) is 0 Å². The molecule has 0 aromatic rings. The predicted octanol–water partition coefficient (Wildman–Crippen LogP) is 1.46. The van der Waals surface area contributed by atoms with Crippen LogP contribution in [0.4, 0.5) is 4.79 Å². The molecule has 0 aromatic carbocycles. The third-order valence-electron chi connectivity index (χ3n) is 8.87. The van der Waals surface area contributed by atoms with Crippen LogP contribution in [0.2, 0.25) is 0 Å². The first-order chi connectivity index (χ1) is 19.7. The van der Waals surface area contributed by atoms with E-state index in [4.69, 9.17) is 4.74 Å². The van der Waals surface area contributed by atoms with Gasteiger partial charge in [-0.05, 0) is 38.5 Å². The van der Waals surface area contributed by atoms with E-state index >= 15 is 0 Å². The lowest BCUT2D eigenvalue weighted by Gasteiger charge is -2.34. The number of fused-ring (bicyclic) bond motifs is 2. The minimum absolute atomic E-state index is 0.0174. The molecule has 1 saturated carbocycles. The van der Waals surface area contributed by atoms with Crippen molar-refractivity contribution in [1.82, 2.24) is 24.1 Å². The standard InChI is InChI=1S/C28H45N5O8S/c1-27(2,3)22(18-32-16-15-31(4)42(32,39)40)41-26(38)29-20-12-9-7-5-6-8-11-19-17-28(19,25(36)37)30-23(34)21-13-10-14-33(21)24(20)35/h8,11,19-22H,5-7,9-10,12-18H2,1-4H3,(H,29,38)(H,30,34)(H,36,37)/b11-8-/t19?,20-,21-,22?,28+/m0/s1. The van der Waals surface area contributed by atoms with Gasteiger partial charge >= 0.3 is 12.1 Å². The Labute approximate surface area is 248 Å². The minimum Gasteiger partial charge on any atom is -0.479 e. The molecule has 42 heavy (non-hydrogen) atoms. The molecule has 3 aliphatic heterocycles. The number of amides is 3. The molecular weight excluding hydrogens is 566 g/mol. The second-order valence-electron chi connectivity index (χ2n) is 13.0. The maximum Gasteiger partial charge on any atom is 0.408 e. The Morgan fingerprint density at radius 3 is 2.52 bits per heavy atom. The lowest BCUT2D eigenvalue weighted by atomic mass is 9.89. The van der Waals surface area contributed by atoms with E-state index in [1.165, 1.54) is 20.6 Å². The first-order valence-corrected chi connectivity index (χ1v) is 16.3. The van der Waals surface area contributed by atoms with Crippen molar-refractivity contribution in [1.29, 1.82) is 0 Å². The highest BCUT2D eigenvalue weighted by atomic mass is 32.2. The molecule has 0 bridgehead atoms. The quantitative estimate of drug-likeness (QED) is 0.393. The molecule has 3 heterocycles. The molecule has 4 rings (SSSR count). The van der Waals surface area contributed by atoms with E-state index in [0.29, 0.717) is 45.2 Å². The van der Waals surface area contributed by atoms with E-state index in [2.05, 4.69) is 10.6 Å². The maximum atomic E-state index is 13.8. The van der Waals surface area contributed by atoms with Crippen molar-refractivity contribution in [3.05, 3.63) is 12.2 Å². The molecule has 0 spiro atoms. The van der Waals surface area contributed by atoms with Crippen LogP contribution < -0.4 is 10.6 Å². The number of carboxylic acids is 1. The number of carbonyl (C=O) groups is 4. The van der Waals surface area contributed by atoms with Gasteiger partial charge < -0.3 is 25.4 Å². The van der Waals surface area contributed by atoms with Crippen LogP contribution in [0.5, 0.6) is 0 Å². The second-order valence-corrected chi connectivity index (χ2v) is 15.0. The van der Waals surface area contributed by atoms with Crippen LogP contribution in [0.3, 0.4) is 0 Å². The van der Waals surface area contributed by atoms with Crippen LogP contribution in [-0.4, -0.2) is 108 Å². The summed E-state index contributed by atoms with van der Waals surface area (Å²) in [5, 5.41) is 15.3. The molecular formula is C28H45N5O8S. The van der Waals surface area contributed by atoms with Crippen molar-refractivity contribution in [3.8, 4) is 0 Å². The van der Waals surface area contributed by atoms with E-state index in [-0.39, 0.29) is 19.0 Å². The molecule has 236 valence electrons. The van der Waals surface area contributed by atoms with Crippen molar-refractivity contribution >= 4 is 34.1 Å². The molecule has 4 aliphatic rings. The van der Waals surface area contributed by atoms with Gasteiger partial charge in [-0.15, -0.1) is 0 Å². The van der Waals surface area contributed by atoms with Crippen LogP contribution >= 0.6 is 0 Å². The van der Waals surface area contributed by atoms with Crippen LogP contribution in [0.1, 0.15) is 72.1 Å².